The molecule has 136 valence electrons. The van der Waals surface area contributed by atoms with Crippen LogP contribution in [0, 0.1) is 10.1 Å². The van der Waals surface area contributed by atoms with Crippen molar-refractivity contribution in [2.24, 2.45) is 0 Å². The van der Waals surface area contributed by atoms with Crippen LogP contribution in [0.4, 0.5) is 10.5 Å². The zero-order chi connectivity index (χ0) is 18.6. The highest BCUT2D eigenvalue weighted by Gasteiger charge is 2.40. The lowest BCUT2D eigenvalue weighted by Gasteiger charge is -2.20. The average molecular weight is 356 g/mol. The molecule has 1 aliphatic heterocycles. The molecule has 0 N–H and O–H groups in total. The first kappa shape index (κ1) is 18.4. The molecule has 2 rings (SSSR count). The molecule has 1 aromatic heterocycles. The molecule has 0 bridgehead atoms. The van der Waals surface area contributed by atoms with Crippen molar-refractivity contribution in [1.82, 2.24) is 4.57 Å². The first-order valence-corrected chi connectivity index (χ1v) is 7.21. The number of ether oxygens (including phenoxy) is 4. The summed E-state index contributed by atoms with van der Waals surface area (Å²) in [6.45, 7) is 0.996. The van der Waals surface area contributed by atoms with Gasteiger partial charge in [-0.1, -0.05) is 0 Å². The molecule has 0 amide bonds. The van der Waals surface area contributed by atoms with E-state index in [1.807, 2.05) is 0 Å². The van der Waals surface area contributed by atoms with Gasteiger partial charge in [-0.3, -0.25) is 24.3 Å². The summed E-state index contributed by atoms with van der Waals surface area (Å²) in [4.78, 5) is 44.6. The van der Waals surface area contributed by atoms with Crippen LogP contribution in [0.25, 0.3) is 0 Å². The molecule has 3 atom stereocenters. The number of esters is 1. The molecule has 1 unspecified atom stereocenters. The first-order chi connectivity index (χ1) is 11.8. The minimum absolute atomic E-state index is 0.135. The fourth-order valence-corrected chi connectivity index (χ4v) is 2.41. The Morgan fingerprint density at radius 1 is 1.44 bits per heavy atom. The predicted octanol–water partition coefficient (Wildman–Crippen LogP) is 0.759. The average Bonchev–Trinajstić information content (AvgIpc) is 2.94. The number of nitrogens with zero attached hydrogens (tertiary/aromatic N) is 2. The van der Waals surface area contributed by atoms with E-state index in [4.69, 9.17) is 14.2 Å². The SMILES string of the molecule is COC(=O)OC[C@@H]1C[C@@H](OC(C)=O)C(n2cc([N+](=O)[O-])ccc2=O)O1. The molecule has 0 saturated carbocycles. The fourth-order valence-electron chi connectivity index (χ4n) is 2.41. The second-order valence-corrected chi connectivity index (χ2v) is 5.19. The predicted molar refractivity (Wildman–Crippen MR) is 79.8 cm³/mol. The Kier molecular flexibility index (Phi) is 5.70. The number of hydrogen-bond donors (Lipinski definition) is 0. The van der Waals surface area contributed by atoms with Crippen molar-refractivity contribution in [1.29, 1.82) is 0 Å². The molecule has 1 aromatic rings. The first-order valence-electron chi connectivity index (χ1n) is 7.21. The summed E-state index contributed by atoms with van der Waals surface area (Å²) in [5, 5.41) is 10.9. The van der Waals surface area contributed by atoms with Crippen LogP contribution in [0.3, 0.4) is 0 Å². The van der Waals surface area contributed by atoms with Crippen molar-refractivity contribution in [2.75, 3.05) is 13.7 Å². The second-order valence-electron chi connectivity index (χ2n) is 5.19. The topological polar surface area (TPSA) is 136 Å². The summed E-state index contributed by atoms with van der Waals surface area (Å²) in [6.07, 6.45) is -2.40. The minimum atomic E-state index is -1.08. The van der Waals surface area contributed by atoms with Crippen LogP contribution in [0.1, 0.15) is 19.6 Å². The number of rotatable bonds is 5. The maximum absolute atomic E-state index is 12.0. The molecule has 11 nitrogen and oxygen atoms in total. The van der Waals surface area contributed by atoms with Gasteiger partial charge in [0, 0.05) is 25.5 Å². The molecule has 1 saturated heterocycles. The number of carbonyl (C=O) groups excluding carboxylic acids is 2. The highest BCUT2D eigenvalue weighted by molar-refractivity contribution is 5.66. The molecule has 1 fully saturated rings. The zero-order valence-corrected chi connectivity index (χ0v) is 13.4. The molecular weight excluding hydrogens is 340 g/mol. The molecule has 0 radical (unpaired) electrons. The van der Waals surface area contributed by atoms with Crippen molar-refractivity contribution >= 4 is 17.8 Å². The van der Waals surface area contributed by atoms with Gasteiger partial charge in [0.25, 0.3) is 11.2 Å². The van der Waals surface area contributed by atoms with Gasteiger partial charge in [-0.15, -0.1) is 0 Å². The van der Waals surface area contributed by atoms with Crippen molar-refractivity contribution < 1.29 is 33.5 Å². The van der Waals surface area contributed by atoms with Crippen LogP contribution in [0.15, 0.2) is 23.1 Å². The molecule has 2 heterocycles. The van der Waals surface area contributed by atoms with E-state index < -0.39 is 41.0 Å². The lowest BCUT2D eigenvalue weighted by atomic mass is 10.2. The molecule has 11 heteroatoms. The summed E-state index contributed by atoms with van der Waals surface area (Å²) < 4.78 is 20.8. The fraction of sp³-hybridized carbons (Fsp3) is 0.500. The number of methoxy groups -OCH3 is 1. The Hall–Kier alpha value is -2.95. The molecule has 0 aliphatic carbocycles. The van der Waals surface area contributed by atoms with Crippen LogP contribution in [-0.2, 0) is 23.7 Å². The monoisotopic (exact) mass is 356 g/mol. The molecule has 25 heavy (non-hydrogen) atoms. The van der Waals surface area contributed by atoms with Gasteiger partial charge in [0.1, 0.15) is 12.7 Å². The van der Waals surface area contributed by atoms with Crippen molar-refractivity contribution in [3.63, 3.8) is 0 Å². The normalized spacial score (nSPS) is 22.2. The van der Waals surface area contributed by atoms with E-state index in [0.717, 1.165) is 30.0 Å². The Labute approximate surface area is 141 Å². The van der Waals surface area contributed by atoms with Gasteiger partial charge < -0.3 is 18.9 Å². The van der Waals surface area contributed by atoms with Crippen molar-refractivity contribution in [3.05, 3.63) is 38.8 Å². The van der Waals surface area contributed by atoms with E-state index in [0.29, 0.717) is 0 Å². The number of carbonyl (C=O) groups is 2. The van der Waals surface area contributed by atoms with Crippen LogP contribution >= 0.6 is 0 Å². The van der Waals surface area contributed by atoms with Crippen molar-refractivity contribution in [2.45, 2.75) is 31.8 Å². The molecule has 0 spiro atoms. The summed E-state index contributed by atoms with van der Waals surface area (Å²) in [5.41, 5.74) is -0.888. The third-order valence-corrected chi connectivity index (χ3v) is 3.42. The summed E-state index contributed by atoms with van der Waals surface area (Å²) in [6, 6.07) is 2.08. The summed E-state index contributed by atoms with van der Waals surface area (Å²) in [5.74, 6) is -0.605. The van der Waals surface area contributed by atoms with Crippen LogP contribution in [0.2, 0.25) is 0 Å². The maximum atomic E-state index is 12.0. The van der Waals surface area contributed by atoms with Crippen LogP contribution in [0.5, 0.6) is 0 Å². The molecular formula is C14H16N2O9. The highest BCUT2D eigenvalue weighted by atomic mass is 16.7. The molecule has 0 aromatic carbocycles. The van der Waals surface area contributed by atoms with E-state index >= 15 is 0 Å². The van der Waals surface area contributed by atoms with Crippen LogP contribution in [-0.4, -0.2) is 47.5 Å². The highest BCUT2D eigenvalue weighted by Crippen LogP contribution is 2.31. The number of hydrogen-bond acceptors (Lipinski definition) is 9. The number of pyridine rings is 1. The summed E-state index contributed by atoms with van der Waals surface area (Å²) in [7, 11) is 1.14. The Morgan fingerprint density at radius 2 is 2.16 bits per heavy atom. The lowest BCUT2D eigenvalue weighted by Crippen LogP contribution is -2.32. The maximum Gasteiger partial charge on any atom is 0.508 e. The van der Waals surface area contributed by atoms with Crippen molar-refractivity contribution in [3.8, 4) is 0 Å². The zero-order valence-electron chi connectivity index (χ0n) is 13.4. The van der Waals surface area contributed by atoms with Gasteiger partial charge in [0.15, 0.2) is 6.23 Å². The van der Waals surface area contributed by atoms with Crippen LogP contribution < -0.4 is 5.56 Å². The quantitative estimate of drug-likeness (QED) is 0.425. The number of nitro groups is 1. The second kappa shape index (κ2) is 7.75. The minimum Gasteiger partial charge on any atom is -0.458 e. The smallest absolute Gasteiger partial charge is 0.458 e. The van der Waals surface area contributed by atoms with E-state index in [1.54, 1.807) is 0 Å². The lowest BCUT2D eigenvalue weighted by molar-refractivity contribution is -0.385. The van der Waals surface area contributed by atoms with E-state index in [-0.39, 0.29) is 18.7 Å². The molecule has 1 aliphatic rings. The summed E-state index contributed by atoms with van der Waals surface area (Å²) >= 11 is 0. The van der Waals surface area contributed by atoms with Gasteiger partial charge in [-0.05, 0) is 0 Å². The Balaban J connectivity index is 2.25. The van der Waals surface area contributed by atoms with Gasteiger partial charge >= 0.3 is 12.1 Å². The van der Waals surface area contributed by atoms with Gasteiger partial charge in [0.05, 0.1) is 24.3 Å². The van der Waals surface area contributed by atoms with Gasteiger partial charge in [-0.2, -0.15) is 0 Å². The van der Waals surface area contributed by atoms with Gasteiger partial charge in [0.2, 0.25) is 0 Å². The Morgan fingerprint density at radius 3 is 2.76 bits per heavy atom. The number of aromatic nitrogens is 1. The van der Waals surface area contributed by atoms with Gasteiger partial charge in [-0.25, -0.2) is 4.79 Å². The standard InChI is InChI=1S/C14H16N2O9/c1-8(17)24-11-5-10(7-23-14(19)22-2)25-13(11)15-6-9(16(20)21)3-4-12(15)18/h3-4,6,10-11,13H,5,7H2,1-2H3/t10-,11+,13?/m0/s1. The van der Waals surface area contributed by atoms with E-state index in [9.17, 15) is 24.5 Å². The largest absolute Gasteiger partial charge is 0.508 e. The third-order valence-electron chi connectivity index (χ3n) is 3.42. The van der Waals surface area contributed by atoms with E-state index in [1.165, 1.54) is 6.92 Å². The third kappa shape index (κ3) is 4.53. The Bertz CT molecular complexity index is 729. The van der Waals surface area contributed by atoms with E-state index in [2.05, 4.69) is 4.74 Å².